The number of rotatable bonds is 4. The highest BCUT2D eigenvalue weighted by molar-refractivity contribution is 6.30. The van der Waals surface area contributed by atoms with Crippen molar-refractivity contribution in [3.63, 3.8) is 0 Å². The largest absolute Gasteiger partial charge is 0.398 e. The topological polar surface area (TPSA) is 72.3 Å². The zero-order chi connectivity index (χ0) is 12.3. The van der Waals surface area contributed by atoms with Crippen LogP contribution in [0.25, 0.3) is 0 Å². The molecule has 1 aromatic carbocycles. The first-order valence-corrected chi connectivity index (χ1v) is 5.83. The fourth-order valence-corrected chi connectivity index (χ4v) is 1.79. The highest BCUT2D eigenvalue weighted by Crippen LogP contribution is 2.28. The van der Waals surface area contributed by atoms with Gasteiger partial charge in [0.05, 0.1) is 12.1 Å². The normalized spacial score (nSPS) is 15.8. The van der Waals surface area contributed by atoms with Gasteiger partial charge in [-0.15, -0.1) is 12.4 Å². The lowest BCUT2D eigenvalue weighted by molar-refractivity contribution is 0.0882. The molecule has 5 heteroatoms. The Morgan fingerprint density at radius 1 is 1.41 bits per heavy atom. The summed E-state index contributed by atoms with van der Waals surface area (Å²) in [5, 5.41) is 10.6. The molecule has 0 aliphatic heterocycles. The molecule has 1 unspecified atom stereocenters. The average Bonchev–Trinajstić information content (AvgIpc) is 2.29. The molecule has 1 aromatic rings. The van der Waals surface area contributed by atoms with Crippen molar-refractivity contribution in [3.05, 3.63) is 28.8 Å². The van der Waals surface area contributed by atoms with E-state index in [-0.39, 0.29) is 18.3 Å². The summed E-state index contributed by atoms with van der Waals surface area (Å²) in [7, 11) is 0. The Labute approximate surface area is 114 Å². The van der Waals surface area contributed by atoms with Crippen molar-refractivity contribution in [1.82, 2.24) is 0 Å². The minimum absolute atomic E-state index is 0. The van der Waals surface area contributed by atoms with Crippen molar-refractivity contribution in [1.29, 1.82) is 0 Å². The number of aliphatic hydroxyl groups is 1. The van der Waals surface area contributed by atoms with Crippen LogP contribution >= 0.6 is 24.0 Å². The van der Waals surface area contributed by atoms with E-state index in [0.717, 1.165) is 6.42 Å². The van der Waals surface area contributed by atoms with Crippen LogP contribution in [0.3, 0.4) is 0 Å². The van der Waals surface area contributed by atoms with Crippen LogP contribution in [0.2, 0.25) is 5.02 Å². The van der Waals surface area contributed by atoms with Gasteiger partial charge in [0.1, 0.15) is 0 Å². The van der Waals surface area contributed by atoms with Crippen LogP contribution < -0.4 is 11.5 Å². The first-order chi connectivity index (χ1) is 7.47. The molecule has 1 rings (SSSR count). The van der Waals surface area contributed by atoms with E-state index in [0.29, 0.717) is 16.3 Å². The number of hydrogen-bond acceptors (Lipinski definition) is 3. The maximum Gasteiger partial charge on any atom is 0.0758 e. The van der Waals surface area contributed by atoms with Gasteiger partial charge in [-0.1, -0.05) is 31.9 Å². The lowest BCUT2D eigenvalue weighted by Gasteiger charge is -2.25. The second-order valence-corrected chi connectivity index (χ2v) is 4.61. The van der Waals surface area contributed by atoms with E-state index in [2.05, 4.69) is 0 Å². The van der Waals surface area contributed by atoms with Crippen LogP contribution in [0.5, 0.6) is 0 Å². The second kappa shape index (κ2) is 7.07. The molecular weight excluding hydrogens is 259 g/mol. The van der Waals surface area contributed by atoms with E-state index in [1.54, 1.807) is 18.2 Å². The fourth-order valence-electron chi connectivity index (χ4n) is 1.61. The summed E-state index contributed by atoms with van der Waals surface area (Å²) in [5.41, 5.74) is 13.1. The molecule has 98 valence electrons. The molecular formula is C12H20Cl2N2O. The standard InChI is InChI=1S/C12H19ClN2O.ClH/c1-3-7(2)12(16)11(15)9-6-8(13)4-5-10(9)14;/h4-7,11-12,16H,3,14-15H2,1-2H3;1H/t7?,11-,12+;/m1./s1. The van der Waals surface area contributed by atoms with Gasteiger partial charge in [0, 0.05) is 10.7 Å². The molecule has 0 aromatic heterocycles. The van der Waals surface area contributed by atoms with E-state index in [1.165, 1.54) is 0 Å². The molecule has 3 nitrogen and oxygen atoms in total. The number of halogens is 2. The molecule has 0 heterocycles. The number of aliphatic hydroxyl groups excluding tert-OH is 1. The van der Waals surface area contributed by atoms with Crippen LogP contribution in [-0.4, -0.2) is 11.2 Å². The quantitative estimate of drug-likeness (QED) is 0.742. The Morgan fingerprint density at radius 2 is 2.00 bits per heavy atom. The van der Waals surface area contributed by atoms with Gasteiger partial charge in [-0.2, -0.15) is 0 Å². The third kappa shape index (κ3) is 4.03. The van der Waals surface area contributed by atoms with Crippen molar-refractivity contribution in [2.75, 3.05) is 5.73 Å². The lowest BCUT2D eigenvalue weighted by atomic mass is 9.91. The molecule has 0 fully saturated rings. The average molecular weight is 279 g/mol. The highest BCUT2D eigenvalue weighted by atomic mass is 35.5. The smallest absolute Gasteiger partial charge is 0.0758 e. The van der Waals surface area contributed by atoms with E-state index in [1.807, 2.05) is 13.8 Å². The molecule has 17 heavy (non-hydrogen) atoms. The van der Waals surface area contributed by atoms with Crippen molar-refractivity contribution in [3.8, 4) is 0 Å². The first-order valence-electron chi connectivity index (χ1n) is 5.46. The minimum atomic E-state index is -0.606. The summed E-state index contributed by atoms with van der Waals surface area (Å²) in [6.07, 6.45) is 0.265. The molecule has 0 aliphatic carbocycles. The second-order valence-electron chi connectivity index (χ2n) is 4.18. The summed E-state index contributed by atoms with van der Waals surface area (Å²) in [4.78, 5) is 0. The van der Waals surface area contributed by atoms with Gasteiger partial charge in [0.2, 0.25) is 0 Å². The van der Waals surface area contributed by atoms with Gasteiger partial charge in [-0.25, -0.2) is 0 Å². The van der Waals surface area contributed by atoms with Gasteiger partial charge in [0.15, 0.2) is 0 Å². The summed E-state index contributed by atoms with van der Waals surface area (Å²) >= 11 is 5.89. The van der Waals surface area contributed by atoms with E-state index >= 15 is 0 Å². The monoisotopic (exact) mass is 278 g/mol. The van der Waals surface area contributed by atoms with Crippen LogP contribution in [0, 0.1) is 5.92 Å². The van der Waals surface area contributed by atoms with Crippen LogP contribution in [-0.2, 0) is 0 Å². The molecule has 0 bridgehead atoms. The van der Waals surface area contributed by atoms with Crippen molar-refractivity contribution in [2.24, 2.45) is 11.7 Å². The van der Waals surface area contributed by atoms with E-state index < -0.39 is 12.1 Å². The summed E-state index contributed by atoms with van der Waals surface area (Å²) in [6, 6.07) is 4.64. The third-order valence-electron chi connectivity index (χ3n) is 3.00. The Balaban J connectivity index is 0.00000256. The maximum absolute atomic E-state index is 10.0. The van der Waals surface area contributed by atoms with Gasteiger partial charge in [0.25, 0.3) is 0 Å². The molecule has 0 aliphatic rings. The summed E-state index contributed by atoms with van der Waals surface area (Å²) < 4.78 is 0. The number of benzene rings is 1. The van der Waals surface area contributed by atoms with Crippen molar-refractivity contribution >= 4 is 29.7 Å². The molecule has 0 spiro atoms. The number of anilines is 1. The SMILES string of the molecule is CCC(C)[C@H](O)[C@H](N)c1cc(Cl)ccc1N.Cl. The van der Waals surface area contributed by atoms with Crippen molar-refractivity contribution < 1.29 is 5.11 Å². The third-order valence-corrected chi connectivity index (χ3v) is 3.24. The molecule has 3 atom stereocenters. The molecule has 0 amide bonds. The molecule has 0 radical (unpaired) electrons. The van der Waals surface area contributed by atoms with Crippen LogP contribution in [0.15, 0.2) is 18.2 Å². The predicted octanol–water partition coefficient (Wildman–Crippen LogP) is 2.75. The molecule has 0 saturated carbocycles. The molecule has 0 saturated heterocycles. The zero-order valence-corrected chi connectivity index (χ0v) is 11.6. The van der Waals surface area contributed by atoms with Gasteiger partial charge >= 0.3 is 0 Å². The van der Waals surface area contributed by atoms with E-state index in [4.69, 9.17) is 23.1 Å². The number of nitrogens with two attached hydrogens (primary N) is 2. The zero-order valence-electron chi connectivity index (χ0n) is 10.1. The first kappa shape index (κ1) is 16.5. The van der Waals surface area contributed by atoms with Gasteiger partial charge in [-0.05, 0) is 29.7 Å². The minimum Gasteiger partial charge on any atom is -0.398 e. The molecule has 5 N–H and O–H groups in total. The van der Waals surface area contributed by atoms with Gasteiger partial charge < -0.3 is 16.6 Å². The van der Waals surface area contributed by atoms with Crippen LogP contribution in [0.4, 0.5) is 5.69 Å². The van der Waals surface area contributed by atoms with Crippen molar-refractivity contribution in [2.45, 2.75) is 32.4 Å². The number of hydrogen-bond donors (Lipinski definition) is 3. The fraction of sp³-hybridized carbons (Fsp3) is 0.500. The lowest BCUT2D eigenvalue weighted by Crippen LogP contribution is -2.32. The Morgan fingerprint density at radius 3 is 2.53 bits per heavy atom. The van der Waals surface area contributed by atoms with E-state index in [9.17, 15) is 5.11 Å². The Bertz CT molecular complexity index is 360. The summed E-state index contributed by atoms with van der Waals surface area (Å²) in [5.74, 6) is 0.133. The summed E-state index contributed by atoms with van der Waals surface area (Å²) in [6.45, 7) is 3.98. The highest BCUT2D eigenvalue weighted by Gasteiger charge is 2.23. The number of nitrogen functional groups attached to an aromatic ring is 1. The van der Waals surface area contributed by atoms with Gasteiger partial charge in [-0.3, -0.25) is 0 Å². The van der Waals surface area contributed by atoms with Crippen LogP contribution in [0.1, 0.15) is 31.9 Å². The maximum atomic E-state index is 10.0. The Hall–Kier alpha value is -0.480. The predicted molar refractivity (Wildman–Crippen MR) is 75.5 cm³/mol. The Kier molecular flexibility index (Phi) is 6.87.